The first-order valence-electron chi connectivity index (χ1n) is 8.28. The average Bonchev–Trinajstić information content (AvgIpc) is 2.36. The van der Waals surface area contributed by atoms with Gasteiger partial charge in [0.2, 0.25) is 0 Å². The summed E-state index contributed by atoms with van der Waals surface area (Å²) < 4.78 is 0. The van der Waals surface area contributed by atoms with Gasteiger partial charge in [-0.15, -0.1) is 0 Å². The molecule has 0 fully saturated rings. The molecular weight excluding hydrogens is 232 g/mol. The minimum absolute atomic E-state index is 0.442. The van der Waals surface area contributed by atoms with E-state index in [1.54, 1.807) is 0 Å². The third-order valence-electron chi connectivity index (χ3n) is 4.48. The van der Waals surface area contributed by atoms with Crippen LogP contribution >= 0.6 is 0 Å². The molecule has 0 bridgehead atoms. The summed E-state index contributed by atoms with van der Waals surface area (Å²) in [6.07, 6.45) is 3.81. The summed E-state index contributed by atoms with van der Waals surface area (Å²) in [5.74, 6) is 1.55. The van der Waals surface area contributed by atoms with Gasteiger partial charge in [-0.25, -0.2) is 0 Å². The second-order valence-corrected chi connectivity index (χ2v) is 6.94. The van der Waals surface area contributed by atoms with Crippen molar-refractivity contribution in [3.05, 3.63) is 0 Å². The van der Waals surface area contributed by atoms with E-state index < -0.39 is 0 Å². The lowest BCUT2D eigenvalue weighted by atomic mass is 9.81. The van der Waals surface area contributed by atoms with Crippen LogP contribution in [-0.2, 0) is 0 Å². The van der Waals surface area contributed by atoms with E-state index in [0.717, 1.165) is 24.9 Å². The van der Waals surface area contributed by atoms with E-state index in [9.17, 15) is 0 Å². The Kier molecular flexibility index (Phi) is 9.72. The highest BCUT2D eigenvalue weighted by molar-refractivity contribution is 4.82. The van der Waals surface area contributed by atoms with Gasteiger partial charge in [0.25, 0.3) is 0 Å². The molecule has 0 aromatic rings. The molecule has 0 aliphatic carbocycles. The Morgan fingerprint density at radius 1 is 1.05 bits per heavy atom. The predicted octanol–water partition coefficient (Wildman–Crippen LogP) is 4.02. The Bertz CT molecular complexity index is 209. The van der Waals surface area contributed by atoms with Gasteiger partial charge in [0, 0.05) is 19.6 Å². The molecule has 0 saturated heterocycles. The summed E-state index contributed by atoms with van der Waals surface area (Å²) in [6.45, 7) is 18.6. The van der Waals surface area contributed by atoms with Crippen molar-refractivity contribution >= 4 is 0 Å². The van der Waals surface area contributed by atoms with Crippen LogP contribution in [0.25, 0.3) is 0 Å². The van der Waals surface area contributed by atoms with Gasteiger partial charge < -0.3 is 10.2 Å². The second kappa shape index (κ2) is 9.77. The van der Waals surface area contributed by atoms with Gasteiger partial charge in [-0.3, -0.25) is 0 Å². The Morgan fingerprint density at radius 2 is 1.63 bits per heavy atom. The largest absolute Gasteiger partial charge is 0.316 e. The third-order valence-corrected chi connectivity index (χ3v) is 4.48. The molecule has 2 nitrogen and oxygen atoms in total. The summed E-state index contributed by atoms with van der Waals surface area (Å²) in [6, 6.07) is 0. The molecular formula is C17H38N2. The molecule has 0 aromatic carbocycles. The molecule has 2 heteroatoms. The Labute approximate surface area is 122 Å². The van der Waals surface area contributed by atoms with Crippen LogP contribution in [0.3, 0.4) is 0 Å². The number of rotatable bonds is 11. The fourth-order valence-corrected chi connectivity index (χ4v) is 2.70. The maximum atomic E-state index is 3.67. The highest BCUT2D eigenvalue weighted by Gasteiger charge is 2.27. The standard InChI is InChI=1S/C17H38N2/c1-8-16(6)12-19(7)14-17(9-2,10-3)13-18-11-15(4)5/h15-16,18H,8-14H2,1-7H3. The molecule has 0 saturated carbocycles. The molecule has 1 unspecified atom stereocenters. The molecule has 0 spiro atoms. The SMILES string of the molecule is CCC(C)CN(C)CC(CC)(CC)CNCC(C)C. The van der Waals surface area contributed by atoms with Crippen molar-refractivity contribution in [3.63, 3.8) is 0 Å². The molecule has 0 aliphatic rings. The molecule has 0 amide bonds. The van der Waals surface area contributed by atoms with Crippen molar-refractivity contribution in [1.29, 1.82) is 0 Å². The molecule has 0 aromatic heterocycles. The van der Waals surface area contributed by atoms with E-state index >= 15 is 0 Å². The van der Waals surface area contributed by atoms with E-state index in [-0.39, 0.29) is 0 Å². The summed E-state index contributed by atoms with van der Waals surface area (Å²) >= 11 is 0. The summed E-state index contributed by atoms with van der Waals surface area (Å²) in [5, 5.41) is 3.67. The van der Waals surface area contributed by atoms with Crippen LogP contribution in [-0.4, -0.2) is 38.1 Å². The Balaban J connectivity index is 4.35. The van der Waals surface area contributed by atoms with Gasteiger partial charge in [-0.05, 0) is 43.7 Å². The van der Waals surface area contributed by atoms with Crippen molar-refractivity contribution in [2.45, 2.75) is 60.8 Å². The maximum Gasteiger partial charge on any atom is 0.00470 e. The highest BCUT2D eigenvalue weighted by Crippen LogP contribution is 2.27. The van der Waals surface area contributed by atoms with Crippen molar-refractivity contribution in [3.8, 4) is 0 Å². The van der Waals surface area contributed by atoms with Gasteiger partial charge in [0.1, 0.15) is 0 Å². The monoisotopic (exact) mass is 270 g/mol. The van der Waals surface area contributed by atoms with Crippen molar-refractivity contribution in [2.75, 3.05) is 33.2 Å². The predicted molar refractivity (Wildman–Crippen MR) is 87.7 cm³/mol. The van der Waals surface area contributed by atoms with Gasteiger partial charge in [0.15, 0.2) is 0 Å². The van der Waals surface area contributed by atoms with Crippen LogP contribution in [0.2, 0.25) is 0 Å². The van der Waals surface area contributed by atoms with Crippen LogP contribution in [0.15, 0.2) is 0 Å². The molecule has 0 heterocycles. The second-order valence-electron chi connectivity index (χ2n) is 6.94. The minimum atomic E-state index is 0.442. The van der Waals surface area contributed by atoms with Crippen molar-refractivity contribution < 1.29 is 0 Å². The van der Waals surface area contributed by atoms with Crippen LogP contribution in [0, 0.1) is 17.3 Å². The summed E-state index contributed by atoms with van der Waals surface area (Å²) in [7, 11) is 2.29. The minimum Gasteiger partial charge on any atom is -0.316 e. The fourth-order valence-electron chi connectivity index (χ4n) is 2.70. The van der Waals surface area contributed by atoms with Gasteiger partial charge >= 0.3 is 0 Å². The first kappa shape index (κ1) is 18.9. The summed E-state index contributed by atoms with van der Waals surface area (Å²) in [4.78, 5) is 2.54. The smallest absolute Gasteiger partial charge is 0.00470 e. The Hall–Kier alpha value is -0.0800. The lowest BCUT2D eigenvalue weighted by molar-refractivity contribution is 0.142. The zero-order valence-corrected chi connectivity index (χ0v) is 14.6. The molecule has 1 N–H and O–H groups in total. The normalized spacial score (nSPS) is 14.4. The quantitative estimate of drug-likeness (QED) is 0.610. The Morgan fingerprint density at radius 3 is 2.05 bits per heavy atom. The van der Waals surface area contributed by atoms with Crippen LogP contribution < -0.4 is 5.32 Å². The zero-order chi connectivity index (χ0) is 14.9. The van der Waals surface area contributed by atoms with Crippen LogP contribution in [0.1, 0.15) is 60.8 Å². The van der Waals surface area contributed by atoms with Crippen molar-refractivity contribution in [2.24, 2.45) is 17.3 Å². The van der Waals surface area contributed by atoms with E-state index in [0.29, 0.717) is 5.41 Å². The van der Waals surface area contributed by atoms with Gasteiger partial charge in [-0.1, -0.05) is 48.0 Å². The zero-order valence-electron chi connectivity index (χ0n) is 14.6. The molecule has 116 valence electrons. The molecule has 0 aliphatic heterocycles. The van der Waals surface area contributed by atoms with E-state index in [1.807, 2.05) is 0 Å². The lowest BCUT2D eigenvalue weighted by Gasteiger charge is -2.37. The number of hydrogen-bond acceptors (Lipinski definition) is 2. The molecule has 1 atom stereocenters. The van der Waals surface area contributed by atoms with E-state index in [2.05, 4.69) is 58.8 Å². The molecule has 0 rings (SSSR count). The van der Waals surface area contributed by atoms with Gasteiger partial charge in [-0.2, -0.15) is 0 Å². The maximum absolute atomic E-state index is 3.67. The number of hydrogen-bond donors (Lipinski definition) is 1. The van der Waals surface area contributed by atoms with Crippen molar-refractivity contribution in [1.82, 2.24) is 10.2 Å². The molecule has 0 radical (unpaired) electrons. The fraction of sp³-hybridized carbons (Fsp3) is 1.00. The van der Waals surface area contributed by atoms with Gasteiger partial charge in [0.05, 0.1) is 0 Å². The van der Waals surface area contributed by atoms with Crippen LogP contribution in [0.5, 0.6) is 0 Å². The first-order chi connectivity index (χ1) is 8.89. The lowest BCUT2D eigenvalue weighted by Crippen LogP contribution is -2.44. The third kappa shape index (κ3) is 7.94. The average molecular weight is 271 g/mol. The topological polar surface area (TPSA) is 15.3 Å². The van der Waals surface area contributed by atoms with E-state index in [4.69, 9.17) is 0 Å². The highest BCUT2D eigenvalue weighted by atomic mass is 15.1. The number of nitrogens with one attached hydrogen (secondary N) is 1. The number of nitrogens with zero attached hydrogens (tertiary/aromatic N) is 1. The summed E-state index contributed by atoms with van der Waals surface area (Å²) in [5.41, 5.74) is 0.442. The molecule has 19 heavy (non-hydrogen) atoms. The van der Waals surface area contributed by atoms with E-state index in [1.165, 1.54) is 32.4 Å². The first-order valence-corrected chi connectivity index (χ1v) is 8.28. The van der Waals surface area contributed by atoms with Crippen LogP contribution in [0.4, 0.5) is 0 Å².